The Labute approximate surface area is 304 Å². The van der Waals surface area contributed by atoms with Gasteiger partial charge in [-0.3, -0.25) is 26.3 Å². The molecule has 0 heterocycles. The van der Waals surface area contributed by atoms with Crippen LogP contribution in [0.1, 0.15) is 17.0 Å². The van der Waals surface area contributed by atoms with Gasteiger partial charge in [-0.1, -0.05) is 15.9 Å². The SMILES string of the molecule is FCC(C(c1cc(Br)cc(C(F)(F)F)c1)C(C(CF)C(F)(F)F)(C(CF)C(F)(F)F)C(C(CF)C(F)(F)F)(C(CF)C(F)(F)F)C(CF)C(F)(F)F)C(F)(F)F. The summed E-state index contributed by atoms with van der Waals surface area (Å²) < 4.78 is 398. The fourth-order valence-corrected chi connectivity index (χ4v) is 8.29. The van der Waals surface area contributed by atoms with Crippen molar-refractivity contribution in [2.45, 2.75) is 49.2 Å². The van der Waals surface area contributed by atoms with Gasteiger partial charge in [-0.25, -0.2) is 0 Å². The van der Waals surface area contributed by atoms with E-state index in [0.29, 0.717) is 0 Å². The van der Waals surface area contributed by atoms with E-state index in [-0.39, 0.29) is 6.07 Å². The third kappa shape index (κ3) is 9.80. The summed E-state index contributed by atoms with van der Waals surface area (Å²) in [4.78, 5) is 0. The molecule has 0 nitrogen and oxygen atoms in total. The van der Waals surface area contributed by atoms with Gasteiger partial charge in [0, 0.05) is 21.2 Å². The fraction of sp³-hybridized carbons (Fsp3) is 0.786. The van der Waals surface area contributed by atoms with Gasteiger partial charge < -0.3 is 0 Å². The number of rotatable bonds is 15. The smallest absolute Gasteiger partial charge is 0.250 e. The summed E-state index contributed by atoms with van der Waals surface area (Å²) in [5.41, 5.74) is -20.3. The fourth-order valence-electron chi connectivity index (χ4n) is 7.78. The van der Waals surface area contributed by atoms with E-state index in [0.717, 1.165) is 0 Å². The number of benzene rings is 1. The Morgan fingerprint density at radius 1 is 0.375 bits per heavy atom. The molecule has 7 atom stereocenters. The highest BCUT2D eigenvalue weighted by molar-refractivity contribution is 9.10. The number of alkyl halides is 27. The van der Waals surface area contributed by atoms with Crippen LogP contribution in [0.15, 0.2) is 22.7 Å². The molecule has 28 heteroatoms. The maximum Gasteiger partial charge on any atom is 0.416 e. The van der Waals surface area contributed by atoms with Crippen molar-refractivity contribution in [1.29, 1.82) is 0 Å². The minimum absolute atomic E-state index is 0.374. The van der Waals surface area contributed by atoms with Gasteiger partial charge in [0.05, 0.1) is 41.1 Å². The standard InChI is InChI=1S/C28H22BrF27/c29-12-2-10(1-11(3-12)22(36,37)38)19(13(4-30)23(39,40)41)21(17(8-34)27(51,52)53,18(9-35)28(54,55)56)20(14(5-31)24(42,43)44,15(6-32)25(45,46)47)16(7-33)26(48,49)50/h1-3,13-19H,4-9H2. The van der Waals surface area contributed by atoms with Crippen molar-refractivity contribution >= 4 is 15.9 Å². The summed E-state index contributed by atoms with van der Waals surface area (Å²) in [6, 6.07) is -2.17. The summed E-state index contributed by atoms with van der Waals surface area (Å²) in [6.07, 6.45) is -51.6. The number of hydrogen-bond donors (Lipinski definition) is 0. The van der Waals surface area contributed by atoms with Gasteiger partial charge in [-0.05, 0) is 23.8 Å². The Morgan fingerprint density at radius 2 is 0.661 bits per heavy atom. The highest BCUT2D eigenvalue weighted by atomic mass is 79.9. The molecule has 0 spiro atoms. The zero-order valence-corrected chi connectivity index (χ0v) is 28.2. The van der Waals surface area contributed by atoms with Gasteiger partial charge in [0.25, 0.3) is 0 Å². The lowest BCUT2D eigenvalue weighted by atomic mass is 9.35. The second kappa shape index (κ2) is 17.2. The lowest BCUT2D eigenvalue weighted by Crippen LogP contribution is -2.75. The number of hydrogen-bond acceptors (Lipinski definition) is 0. The first-order valence-corrected chi connectivity index (χ1v) is 15.3. The quantitative estimate of drug-likeness (QED) is 0.154. The molecule has 0 fully saturated rings. The molecule has 0 aromatic heterocycles. The van der Waals surface area contributed by atoms with Crippen molar-refractivity contribution in [3.8, 4) is 0 Å². The molecule has 0 amide bonds. The molecule has 0 N–H and O–H groups in total. The minimum atomic E-state index is -7.66. The van der Waals surface area contributed by atoms with Crippen LogP contribution in [0.2, 0.25) is 0 Å². The van der Waals surface area contributed by atoms with E-state index in [4.69, 9.17) is 0 Å². The van der Waals surface area contributed by atoms with E-state index >= 15 is 35.1 Å². The third-order valence-electron chi connectivity index (χ3n) is 9.49. The average molecular weight is 951 g/mol. The Hall–Kier alpha value is -2.19. The molecular weight excluding hydrogens is 929 g/mol. The highest BCUT2D eigenvalue weighted by Crippen LogP contribution is 2.78. The van der Waals surface area contributed by atoms with Crippen LogP contribution in [0.3, 0.4) is 0 Å². The van der Waals surface area contributed by atoms with E-state index in [1.54, 1.807) is 0 Å². The summed E-state index contributed by atoms with van der Waals surface area (Å²) in [6.45, 7) is -25.3. The van der Waals surface area contributed by atoms with Gasteiger partial charge in [0.1, 0.15) is 40.0 Å². The molecule has 7 unspecified atom stereocenters. The van der Waals surface area contributed by atoms with E-state index in [9.17, 15) is 83.4 Å². The lowest BCUT2D eigenvalue weighted by molar-refractivity contribution is -0.403. The average Bonchev–Trinajstić information content (AvgIpc) is 2.95. The summed E-state index contributed by atoms with van der Waals surface area (Å²) in [7, 11) is 0. The first-order valence-electron chi connectivity index (χ1n) is 14.5. The molecule has 0 aliphatic carbocycles. The van der Waals surface area contributed by atoms with Crippen LogP contribution in [-0.4, -0.2) is 77.1 Å². The van der Waals surface area contributed by atoms with Crippen LogP contribution in [0, 0.1) is 46.3 Å². The van der Waals surface area contributed by atoms with Crippen LogP contribution in [0.25, 0.3) is 0 Å². The Kier molecular flexibility index (Phi) is 15.9. The van der Waals surface area contributed by atoms with E-state index in [1.165, 1.54) is 0 Å². The predicted octanol–water partition coefficient (Wildman–Crippen LogP) is 13.4. The second-order valence-corrected chi connectivity index (χ2v) is 13.1. The topological polar surface area (TPSA) is 0 Å². The van der Waals surface area contributed by atoms with Crippen molar-refractivity contribution < 1.29 is 119 Å². The van der Waals surface area contributed by atoms with Crippen LogP contribution in [0.4, 0.5) is 119 Å². The first kappa shape index (κ1) is 51.8. The molecule has 0 bridgehead atoms. The van der Waals surface area contributed by atoms with Crippen molar-refractivity contribution in [3.05, 3.63) is 33.8 Å². The van der Waals surface area contributed by atoms with Crippen molar-refractivity contribution in [2.24, 2.45) is 46.3 Å². The van der Waals surface area contributed by atoms with Crippen molar-refractivity contribution in [2.75, 3.05) is 40.0 Å². The van der Waals surface area contributed by atoms with Crippen molar-refractivity contribution in [3.63, 3.8) is 0 Å². The van der Waals surface area contributed by atoms with Gasteiger partial charge in [-0.15, -0.1) is 0 Å². The highest BCUT2D eigenvalue weighted by Gasteiger charge is 2.86. The molecule has 0 aliphatic heterocycles. The van der Waals surface area contributed by atoms with Crippen LogP contribution in [0.5, 0.6) is 0 Å². The molecule has 0 saturated heterocycles. The second-order valence-electron chi connectivity index (χ2n) is 12.2. The normalized spacial score (nSPS) is 20.4. The van der Waals surface area contributed by atoms with Gasteiger partial charge in [-0.2, -0.15) is 92.2 Å². The van der Waals surface area contributed by atoms with E-state index in [1.807, 2.05) is 15.9 Å². The number of halogens is 28. The molecule has 56 heavy (non-hydrogen) atoms. The Bertz CT molecular complexity index is 1320. The van der Waals surface area contributed by atoms with Crippen LogP contribution in [-0.2, 0) is 6.18 Å². The predicted molar refractivity (Wildman–Crippen MR) is 140 cm³/mol. The van der Waals surface area contributed by atoms with Crippen molar-refractivity contribution in [1.82, 2.24) is 0 Å². The zero-order valence-electron chi connectivity index (χ0n) is 26.6. The molecule has 0 radical (unpaired) electrons. The first-order chi connectivity index (χ1) is 24.9. The van der Waals surface area contributed by atoms with Crippen LogP contribution >= 0.6 is 15.9 Å². The van der Waals surface area contributed by atoms with Gasteiger partial charge in [0.2, 0.25) is 0 Å². The minimum Gasteiger partial charge on any atom is -0.250 e. The van der Waals surface area contributed by atoms with E-state index < -0.39 is 163 Å². The molecule has 0 aliphatic rings. The molecule has 0 saturated carbocycles. The zero-order chi connectivity index (χ0) is 44.6. The molecular formula is C28H22BrF27. The molecule has 1 aromatic rings. The van der Waals surface area contributed by atoms with Gasteiger partial charge >= 0.3 is 43.2 Å². The lowest BCUT2D eigenvalue weighted by Gasteiger charge is -2.67. The largest absolute Gasteiger partial charge is 0.416 e. The van der Waals surface area contributed by atoms with Gasteiger partial charge in [0.15, 0.2) is 0 Å². The molecule has 1 rings (SSSR count). The van der Waals surface area contributed by atoms with E-state index in [2.05, 4.69) is 0 Å². The summed E-state index contributed by atoms with van der Waals surface area (Å²) in [5.74, 6) is -41.6. The Balaban J connectivity index is 5.90. The monoisotopic (exact) mass is 950 g/mol. The summed E-state index contributed by atoms with van der Waals surface area (Å²) >= 11 is 2.04. The maximum absolute atomic E-state index is 15.1. The Morgan fingerprint density at radius 3 is 0.875 bits per heavy atom. The summed E-state index contributed by atoms with van der Waals surface area (Å²) in [5, 5.41) is 0. The van der Waals surface area contributed by atoms with Crippen LogP contribution < -0.4 is 0 Å². The molecule has 330 valence electrons. The maximum atomic E-state index is 15.1. The third-order valence-corrected chi connectivity index (χ3v) is 9.95. The molecule has 1 aromatic carbocycles.